The molecule has 0 aliphatic rings. The Morgan fingerprint density at radius 3 is 2.50 bits per heavy atom. The number of hydrogen-bond acceptors (Lipinski definition) is 3. The molecule has 1 aromatic heterocycles. The van der Waals surface area contributed by atoms with Crippen LogP contribution < -0.4 is 5.73 Å². The van der Waals surface area contributed by atoms with Crippen LogP contribution in [0.4, 0.5) is 10.3 Å². The maximum absolute atomic E-state index is 12.9. The number of rotatable bonds is 3. The molecule has 0 radical (unpaired) electrons. The van der Waals surface area contributed by atoms with Crippen molar-refractivity contribution in [1.29, 1.82) is 0 Å². The number of aromatic nitrogens is 2. The van der Waals surface area contributed by atoms with Crippen LogP contribution in [0.1, 0.15) is 19.0 Å². The lowest BCUT2D eigenvalue weighted by Crippen LogP contribution is -2.05. The van der Waals surface area contributed by atoms with Crippen molar-refractivity contribution in [2.75, 3.05) is 5.73 Å². The van der Waals surface area contributed by atoms with E-state index in [9.17, 15) is 4.39 Å². The number of nitrogens with zero attached hydrogens (tertiary/aromatic N) is 2. The van der Waals surface area contributed by atoms with Crippen LogP contribution in [0.15, 0.2) is 24.3 Å². The molecule has 0 spiro atoms. The molecule has 0 aliphatic carbocycles. The smallest absolute Gasteiger partial charge is 0.220 e. The molecule has 2 N–H and O–H groups in total. The zero-order valence-corrected chi connectivity index (χ0v) is 12.1. The van der Waals surface area contributed by atoms with Gasteiger partial charge in [-0.25, -0.2) is 14.4 Å². The first-order chi connectivity index (χ1) is 8.61. The standard InChI is InChI=1S/C13H13FIN3/c1-2-3-10-11(15)12(18-13(16)17-10)8-4-6-9(14)7-5-8/h4-7H,2-3H2,1H3,(H2,16,17,18). The second-order valence-corrected chi connectivity index (χ2v) is 5.03. The summed E-state index contributed by atoms with van der Waals surface area (Å²) in [6.45, 7) is 2.09. The number of halogens is 2. The summed E-state index contributed by atoms with van der Waals surface area (Å²) < 4.78 is 13.9. The van der Waals surface area contributed by atoms with E-state index in [1.54, 1.807) is 12.1 Å². The summed E-state index contributed by atoms with van der Waals surface area (Å²) in [5.41, 5.74) is 8.30. The van der Waals surface area contributed by atoms with Gasteiger partial charge in [-0.1, -0.05) is 13.3 Å². The van der Waals surface area contributed by atoms with E-state index in [0.29, 0.717) is 0 Å². The Balaban J connectivity index is 2.53. The molecule has 94 valence electrons. The number of aryl methyl sites for hydroxylation is 1. The predicted octanol–water partition coefficient (Wildman–Crippen LogP) is 3.42. The SMILES string of the molecule is CCCc1nc(N)nc(-c2ccc(F)cc2)c1I. The summed E-state index contributed by atoms with van der Waals surface area (Å²) in [6.07, 6.45) is 1.86. The summed E-state index contributed by atoms with van der Waals surface area (Å²) in [5, 5.41) is 0. The lowest BCUT2D eigenvalue weighted by molar-refractivity contribution is 0.628. The van der Waals surface area contributed by atoms with Crippen LogP contribution in [0.25, 0.3) is 11.3 Å². The van der Waals surface area contributed by atoms with Crippen molar-refractivity contribution < 1.29 is 4.39 Å². The van der Waals surface area contributed by atoms with E-state index in [4.69, 9.17) is 5.73 Å². The van der Waals surface area contributed by atoms with Crippen LogP contribution in [0.2, 0.25) is 0 Å². The molecule has 0 saturated heterocycles. The molecule has 2 aromatic rings. The van der Waals surface area contributed by atoms with Gasteiger partial charge in [-0.05, 0) is 53.3 Å². The number of hydrogen-bond donors (Lipinski definition) is 1. The van der Waals surface area contributed by atoms with Gasteiger partial charge in [-0.3, -0.25) is 0 Å². The van der Waals surface area contributed by atoms with Gasteiger partial charge in [0.2, 0.25) is 5.95 Å². The molecule has 2 rings (SSSR count). The first-order valence-electron chi connectivity index (χ1n) is 5.69. The van der Waals surface area contributed by atoms with Gasteiger partial charge in [0, 0.05) is 5.56 Å². The van der Waals surface area contributed by atoms with Gasteiger partial charge in [0.1, 0.15) is 5.82 Å². The molecule has 0 aliphatic heterocycles. The molecule has 1 aromatic carbocycles. The minimum atomic E-state index is -0.260. The van der Waals surface area contributed by atoms with E-state index >= 15 is 0 Å². The number of benzene rings is 1. The van der Waals surface area contributed by atoms with Crippen LogP contribution in [0.3, 0.4) is 0 Å². The monoisotopic (exact) mass is 357 g/mol. The lowest BCUT2D eigenvalue weighted by Gasteiger charge is -2.09. The second kappa shape index (κ2) is 5.60. The first kappa shape index (κ1) is 13.2. The van der Waals surface area contributed by atoms with E-state index < -0.39 is 0 Å². The molecule has 0 saturated carbocycles. The summed E-state index contributed by atoms with van der Waals surface area (Å²) in [4.78, 5) is 8.50. The van der Waals surface area contributed by atoms with Crippen molar-refractivity contribution in [2.24, 2.45) is 0 Å². The summed E-state index contributed by atoms with van der Waals surface area (Å²) in [5.74, 6) is 0.00255. The van der Waals surface area contributed by atoms with Crippen LogP contribution in [-0.2, 0) is 6.42 Å². The Morgan fingerprint density at radius 1 is 1.22 bits per heavy atom. The highest BCUT2D eigenvalue weighted by atomic mass is 127. The molecule has 5 heteroatoms. The van der Waals surface area contributed by atoms with Crippen molar-refractivity contribution in [3.63, 3.8) is 0 Å². The van der Waals surface area contributed by atoms with Crippen molar-refractivity contribution in [2.45, 2.75) is 19.8 Å². The molecular weight excluding hydrogens is 344 g/mol. The van der Waals surface area contributed by atoms with E-state index in [-0.39, 0.29) is 11.8 Å². The fraction of sp³-hybridized carbons (Fsp3) is 0.231. The number of anilines is 1. The van der Waals surface area contributed by atoms with Gasteiger partial charge in [-0.15, -0.1) is 0 Å². The molecule has 0 amide bonds. The molecule has 0 bridgehead atoms. The molecular formula is C13H13FIN3. The molecule has 18 heavy (non-hydrogen) atoms. The molecule has 1 heterocycles. The Hall–Kier alpha value is -1.24. The minimum Gasteiger partial charge on any atom is -0.368 e. The first-order valence-corrected chi connectivity index (χ1v) is 6.77. The molecule has 0 unspecified atom stereocenters. The third-order valence-corrected chi connectivity index (χ3v) is 3.68. The normalized spacial score (nSPS) is 10.6. The topological polar surface area (TPSA) is 51.8 Å². The Bertz CT molecular complexity index is 555. The van der Waals surface area contributed by atoms with Crippen LogP contribution >= 0.6 is 22.6 Å². The average Bonchev–Trinajstić information content (AvgIpc) is 2.35. The average molecular weight is 357 g/mol. The quantitative estimate of drug-likeness (QED) is 0.857. The van der Waals surface area contributed by atoms with Gasteiger partial charge in [0.05, 0.1) is 15.0 Å². The summed E-state index contributed by atoms with van der Waals surface area (Å²) in [7, 11) is 0. The molecule has 0 fully saturated rings. The number of nitrogen functional groups attached to an aromatic ring is 1. The highest BCUT2D eigenvalue weighted by Crippen LogP contribution is 2.26. The van der Waals surface area contributed by atoms with Crippen molar-refractivity contribution >= 4 is 28.5 Å². The zero-order valence-electron chi connectivity index (χ0n) is 9.95. The maximum atomic E-state index is 12.9. The third kappa shape index (κ3) is 2.77. The Morgan fingerprint density at radius 2 is 1.89 bits per heavy atom. The van der Waals surface area contributed by atoms with Crippen molar-refractivity contribution in [1.82, 2.24) is 9.97 Å². The van der Waals surface area contributed by atoms with Crippen LogP contribution in [-0.4, -0.2) is 9.97 Å². The van der Waals surface area contributed by atoms with E-state index in [0.717, 1.165) is 33.4 Å². The van der Waals surface area contributed by atoms with E-state index in [1.807, 2.05) is 0 Å². The maximum Gasteiger partial charge on any atom is 0.220 e. The van der Waals surface area contributed by atoms with Crippen LogP contribution in [0.5, 0.6) is 0 Å². The fourth-order valence-electron chi connectivity index (χ4n) is 1.71. The van der Waals surface area contributed by atoms with Gasteiger partial charge < -0.3 is 5.73 Å². The highest BCUT2D eigenvalue weighted by molar-refractivity contribution is 14.1. The van der Waals surface area contributed by atoms with Crippen LogP contribution in [0, 0.1) is 9.39 Å². The fourth-order valence-corrected chi connectivity index (χ4v) is 2.54. The van der Waals surface area contributed by atoms with E-state index in [1.165, 1.54) is 12.1 Å². The van der Waals surface area contributed by atoms with Crippen molar-refractivity contribution in [3.8, 4) is 11.3 Å². The Labute approximate surface area is 119 Å². The summed E-state index contributed by atoms with van der Waals surface area (Å²) in [6, 6.07) is 6.25. The number of nitrogens with two attached hydrogens (primary N) is 1. The largest absolute Gasteiger partial charge is 0.368 e. The van der Waals surface area contributed by atoms with Crippen molar-refractivity contribution in [3.05, 3.63) is 39.3 Å². The summed E-state index contributed by atoms with van der Waals surface area (Å²) >= 11 is 2.22. The van der Waals surface area contributed by atoms with Gasteiger partial charge in [0.25, 0.3) is 0 Å². The lowest BCUT2D eigenvalue weighted by atomic mass is 10.1. The van der Waals surface area contributed by atoms with Gasteiger partial charge >= 0.3 is 0 Å². The second-order valence-electron chi connectivity index (χ2n) is 3.95. The predicted molar refractivity (Wildman–Crippen MR) is 78.6 cm³/mol. The minimum absolute atomic E-state index is 0.260. The zero-order chi connectivity index (χ0) is 13.1. The molecule has 3 nitrogen and oxygen atoms in total. The molecule has 0 atom stereocenters. The van der Waals surface area contributed by atoms with Gasteiger partial charge in [-0.2, -0.15) is 0 Å². The highest BCUT2D eigenvalue weighted by Gasteiger charge is 2.12. The van der Waals surface area contributed by atoms with Gasteiger partial charge in [0.15, 0.2) is 0 Å². The van der Waals surface area contributed by atoms with E-state index in [2.05, 4.69) is 39.5 Å². The third-order valence-electron chi connectivity index (χ3n) is 2.54. The Kier molecular flexibility index (Phi) is 4.11.